The Morgan fingerprint density at radius 3 is 2.91 bits per heavy atom. The van der Waals surface area contributed by atoms with Gasteiger partial charge in [0, 0.05) is 32.4 Å². The minimum Gasteiger partial charge on any atom is -0.355 e. The van der Waals surface area contributed by atoms with E-state index in [2.05, 4.69) is 24.8 Å². The van der Waals surface area contributed by atoms with Crippen LogP contribution in [0.25, 0.3) is 0 Å². The molecule has 116 valence electrons. The summed E-state index contributed by atoms with van der Waals surface area (Å²) in [5.74, 6) is 0.947. The maximum atomic E-state index is 14.2. The molecule has 1 aliphatic heterocycles. The first kappa shape index (κ1) is 14.6. The maximum Gasteiger partial charge on any atom is 0.186 e. The molecule has 1 atom stereocenters. The number of piperidine rings is 1. The van der Waals surface area contributed by atoms with Crippen LogP contribution >= 0.6 is 0 Å². The lowest BCUT2D eigenvalue weighted by Crippen LogP contribution is -2.47. The van der Waals surface area contributed by atoms with Crippen LogP contribution < -0.4 is 9.80 Å². The first-order valence-corrected chi connectivity index (χ1v) is 7.37. The second-order valence-electron chi connectivity index (χ2n) is 5.52. The second kappa shape index (κ2) is 6.21. The lowest BCUT2D eigenvalue weighted by atomic mass is 10.0. The van der Waals surface area contributed by atoms with E-state index in [-0.39, 0.29) is 11.9 Å². The Balaban J connectivity index is 1.78. The third-order valence-corrected chi connectivity index (χ3v) is 4.12. The van der Waals surface area contributed by atoms with Gasteiger partial charge in [-0.3, -0.25) is 0 Å². The predicted molar refractivity (Wildman–Crippen MR) is 82.4 cm³/mol. The van der Waals surface area contributed by atoms with Gasteiger partial charge in [0.1, 0.15) is 18.5 Å². The molecule has 2 aromatic rings. The van der Waals surface area contributed by atoms with E-state index in [1.165, 1.54) is 6.33 Å². The Kier molecular flexibility index (Phi) is 4.13. The molecule has 1 saturated heterocycles. The summed E-state index contributed by atoms with van der Waals surface area (Å²) in [7, 11) is 2.01. The Morgan fingerprint density at radius 2 is 2.14 bits per heavy atom. The summed E-state index contributed by atoms with van der Waals surface area (Å²) in [6, 6.07) is 2.15. The predicted octanol–water partition coefficient (Wildman–Crippen LogP) is 1.82. The molecule has 0 bridgehead atoms. The summed E-state index contributed by atoms with van der Waals surface area (Å²) in [4.78, 5) is 20.4. The maximum absolute atomic E-state index is 14.2. The van der Waals surface area contributed by atoms with Crippen LogP contribution in [0.15, 0.2) is 24.9 Å². The number of nitrogens with zero attached hydrogens (tertiary/aromatic N) is 6. The van der Waals surface area contributed by atoms with Crippen LogP contribution in [0, 0.1) is 12.7 Å². The first-order valence-electron chi connectivity index (χ1n) is 7.37. The highest BCUT2D eigenvalue weighted by Gasteiger charge is 2.26. The average molecular weight is 302 g/mol. The highest BCUT2D eigenvalue weighted by molar-refractivity contribution is 5.44. The van der Waals surface area contributed by atoms with Gasteiger partial charge in [0.2, 0.25) is 0 Å². The second-order valence-corrected chi connectivity index (χ2v) is 5.52. The smallest absolute Gasteiger partial charge is 0.186 e. The first-order chi connectivity index (χ1) is 10.7. The molecule has 0 radical (unpaired) electrons. The van der Waals surface area contributed by atoms with E-state index < -0.39 is 0 Å². The van der Waals surface area contributed by atoms with Crippen molar-refractivity contribution in [2.45, 2.75) is 25.8 Å². The van der Waals surface area contributed by atoms with Crippen LogP contribution in [-0.2, 0) is 0 Å². The van der Waals surface area contributed by atoms with Crippen molar-refractivity contribution < 1.29 is 4.39 Å². The number of aromatic nitrogens is 4. The largest absolute Gasteiger partial charge is 0.355 e. The van der Waals surface area contributed by atoms with Gasteiger partial charge < -0.3 is 9.80 Å². The Bertz CT molecular complexity index is 635. The number of aryl methyl sites for hydroxylation is 1. The van der Waals surface area contributed by atoms with Crippen molar-refractivity contribution in [3.8, 4) is 0 Å². The minimum absolute atomic E-state index is 0.262. The SMILES string of the molecule is Cc1ncnc(N2CCCC(N(C)c3ccncn3)C2)c1F. The van der Waals surface area contributed by atoms with Crippen LogP contribution in [0.5, 0.6) is 0 Å². The van der Waals surface area contributed by atoms with Crippen molar-refractivity contribution in [3.63, 3.8) is 0 Å². The molecule has 22 heavy (non-hydrogen) atoms. The standard InChI is InChI=1S/C15H19FN6/c1-11-14(16)15(20-10-18-11)22-7-3-4-12(8-22)21(2)13-5-6-17-9-19-13/h5-6,9-10,12H,3-4,7-8H2,1-2H3. The Morgan fingerprint density at radius 1 is 1.27 bits per heavy atom. The fourth-order valence-corrected chi connectivity index (χ4v) is 2.81. The summed E-state index contributed by atoms with van der Waals surface area (Å²) in [5, 5.41) is 0. The molecule has 0 N–H and O–H groups in total. The van der Waals surface area contributed by atoms with Crippen LogP contribution in [-0.4, -0.2) is 46.1 Å². The molecule has 0 aromatic carbocycles. The summed E-state index contributed by atoms with van der Waals surface area (Å²) in [6.45, 7) is 3.18. The number of hydrogen-bond acceptors (Lipinski definition) is 6. The van der Waals surface area contributed by atoms with E-state index in [4.69, 9.17) is 0 Å². The quantitative estimate of drug-likeness (QED) is 0.862. The molecular formula is C15H19FN6. The van der Waals surface area contributed by atoms with Crippen molar-refractivity contribution >= 4 is 11.6 Å². The number of halogens is 1. The van der Waals surface area contributed by atoms with Crippen molar-refractivity contribution in [2.75, 3.05) is 29.9 Å². The number of rotatable bonds is 3. The number of hydrogen-bond donors (Lipinski definition) is 0. The molecule has 1 unspecified atom stereocenters. The molecule has 0 saturated carbocycles. The minimum atomic E-state index is -0.326. The van der Waals surface area contributed by atoms with Crippen LogP contribution in [0.4, 0.5) is 16.0 Å². The van der Waals surface area contributed by atoms with Gasteiger partial charge in [-0.2, -0.15) is 0 Å². The third kappa shape index (κ3) is 2.84. The van der Waals surface area contributed by atoms with Crippen molar-refractivity contribution in [1.29, 1.82) is 0 Å². The van der Waals surface area contributed by atoms with Gasteiger partial charge in [-0.05, 0) is 25.8 Å². The zero-order chi connectivity index (χ0) is 15.5. The fourth-order valence-electron chi connectivity index (χ4n) is 2.81. The molecule has 0 amide bonds. The Labute approximate surface area is 129 Å². The molecule has 3 rings (SSSR count). The summed E-state index contributed by atoms with van der Waals surface area (Å²) < 4.78 is 14.2. The molecule has 6 nitrogen and oxygen atoms in total. The molecule has 1 fully saturated rings. The lowest BCUT2D eigenvalue weighted by molar-refractivity contribution is 0.474. The van der Waals surface area contributed by atoms with Crippen molar-refractivity contribution in [3.05, 3.63) is 36.4 Å². The van der Waals surface area contributed by atoms with E-state index in [0.29, 0.717) is 18.1 Å². The van der Waals surface area contributed by atoms with Crippen molar-refractivity contribution in [2.24, 2.45) is 0 Å². The number of likely N-dealkylation sites (N-methyl/N-ethyl adjacent to an activating group) is 1. The van der Waals surface area contributed by atoms with Gasteiger partial charge in [0.05, 0.1) is 5.69 Å². The van der Waals surface area contributed by atoms with Gasteiger partial charge in [-0.25, -0.2) is 24.3 Å². The molecule has 0 spiro atoms. The highest BCUT2D eigenvalue weighted by Crippen LogP contribution is 2.25. The molecule has 3 heterocycles. The third-order valence-electron chi connectivity index (χ3n) is 4.12. The normalized spacial score (nSPS) is 18.3. The summed E-state index contributed by atoms with van der Waals surface area (Å²) >= 11 is 0. The molecular weight excluding hydrogens is 283 g/mol. The Hall–Kier alpha value is -2.31. The monoisotopic (exact) mass is 302 g/mol. The van der Waals surface area contributed by atoms with Gasteiger partial charge in [-0.15, -0.1) is 0 Å². The zero-order valence-corrected chi connectivity index (χ0v) is 12.8. The average Bonchev–Trinajstić information content (AvgIpc) is 2.57. The van der Waals surface area contributed by atoms with E-state index in [1.807, 2.05) is 18.0 Å². The summed E-state index contributed by atoms with van der Waals surface area (Å²) in [6.07, 6.45) is 6.73. The number of anilines is 2. The van der Waals surface area contributed by atoms with Crippen LogP contribution in [0.2, 0.25) is 0 Å². The lowest BCUT2D eigenvalue weighted by Gasteiger charge is -2.38. The van der Waals surface area contributed by atoms with Crippen LogP contribution in [0.3, 0.4) is 0 Å². The van der Waals surface area contributed by atoms with E-state index in [1.54, 1.807) is 19.4 Å². The molecule has 2 aromatic heterocycles. The topological polar surface area (TPSA) is 58.0 Å². The molecule has 1 aliphatic rings. The van der Waals surface area contributed by atoms with Crippen LogP contribution in [0.1, 0.15) is 18.5 Å². The van der Waals surface area contributed by atoms with Gasteiger partial charge in [0.25, 0.3) is 0 Å². The zero-order valence-electron chi connectivity index (χ0n) is 12.8. The van der Waals surface area contributed by atoms with E-state index in [9.17, 15) is 4.39 Å². The molecule has 0 aliphatic carbocycles. The van der Waals surface area contributed by atoms with E-state index in [0.717, 1.165) is 25.2 Å². The molecule has 7 heteroatoms. The van der Waals surface area contributed by atoms with Gasteiger partial charge >= 0.3 is 0 Å². The highest BCUT2D eigenvalue weighted by atomic mass is 19.1. The van der Waals surface area contributed by atoms with Crippen molar-refractivity contribution in [1.82, 2.24) is 19.9 Å². The van der Waals surface area contributed by atoms with Gasteiger partial charge in [-0.1, -0.05) is 0 Å². The summed E-state index contributed by atoms with van der Waals surface area (Å²) in [5.41, 5.74) is 0.385. The van der Waals surface area contributed by atoms with E-state index >= 15 is 0 Å². The fraction of sp³-hybridized carbons (Fsp3) is 0.467. The van der Waals surface area contributed by atoms with Gasteiger partial charge in [0.15, 0.2) is 11.6 Å².